The molecule has 0 heterocycles. The van der Waals surface area contributed by atoms with Gasteiger partial charge in [0, 0.05) is 19.2 Å². The Kier molecular flexibility index (Phi) is 6.36. The minimum Gasteiger partial charge on any atom is -0.484 e. The van der Waals surface area contributed by atoms with Crippen molar-refractivity contribution in [3.05, 3.63) is 29.8 Å². The van der Waals surface area contributed by atoms with Crippen LogP contribution < -0.4 is 4.74 Å². The lowest BCUT2D eigenvalue weighted by Gasteiger charge is -2.26. The summed E-state index contributed by atoms with van der Waals surface area (Å²) in [6.07, 6.45) is 0.592. The predicted octanol–water partition coefficient (Wildman–Crippen LogP) is 1.99. The second-order valence-corrected chi connectivity index (χ2v) is 4.81. The number of hydrogen-bond acceptors (Lipinski definition) is 3. The Morgan fingerprint density at radius 1 is 1.37 bits per heavy atom. The summed E-state index contributed by atoms with van der Waals surface area (Å²) >= 11 is 0. The molecule has 0 aromatic heterocycles. The third kappa shape index (κ3) is 4.91. The number of hydrogen-bond donors (Lipinski definition) is 1. The number of aliphatic hydroxyl groups is 1. The molecule has 4 nitrogen and oxygen atoms in total. The Bertz CT molecular complexity index is 404. The van der Waals surface area contributed by atoms with E-state index in [1.54, 1.807) is 4.90 Å². The molecule has 4 heteroatoms. The maximum absolute atomic E-state index is 12.1. The molecule has 0 aliphatic heterocycles. The molecule has 106 valence electrons. The van der Waals surface area contributed by atoms with E-state index in [2.05, 4.69) is 0 Å². The topological polar surface area (TPSA) is 49.8 Å². The molecule has 1 aromatic rings. The number of carbonyl (C=O) groups excluding carboxylic acids is 1. The normalized spacial score (nSPS) is 10.6. The number of amides is 1. The summed E-state index contributed by atoms with van der Waals surface area (Å²) < 4.78 is 5.56. The van der Waals surface area contributed by atoms with Crippen LogP contribution >= 0.6 is 0 Å². The molecule has 0 radical (unpaired) electrons. The summed E-state index contributed by atoms with van der Waals surface area (Å²) in [5.41, 5.74) is 1.02. The Balaban J connectivity index is 2.55. The van der Waals surface area contributed by atoms with E-state index < -0.39 is 0 Å². The van der Waals surface area contributed by atoms with Crippen LogP contribution in [-0.2, 0) is 4.79 Å². The second-order valence-electron chi connectivity index (χ2n) is 4.81. The van der Waals surface area contributed by atoms with Gasteiger partial charge in [-0.25, -0.2) is 0 Å². The van der Waals surface area contributed by atoms with Crippen molar-refractivity contribution in [1.82, 2.24) is 4.90 Å². The zero-order chi connectivity index (χ0) is 14.3. The zero-order valence-electron chi connectivity index (χ0n) is 11.9. The maximum Gasteiger partial charge on any atom is 0.260 e. The largest absolute Gasteiger partial charge is 0.484 e. The number of benzene rings is 1. The predicted molar refractivity (Wildman–Crippen MR) is 75.2 cm³/mol. The van der Waals surface area contributed by atoms with Crippen molar-refractivity contribution in [1.29, 1.82) is 0 Å². The third-order valence-corrected chi connectivity index (χ3v) is 2.95. The summed E-state index contributed by atoms with van der Waals surface area (Å²) in [6.45, 7) is 6.56. The fourth-order valence-electron chi connectivity index (χ4n) is 1.85. The van der Waals surface area contributed by atoms with E-state index in [0.717, 1.165) is 11.3 Å². The van der Waals surface area contributed by atoms with E-state index >= 15 is 0 Å². The van der Waals surface area contributed by atoms with Crippen molar-refractivity contribution in [2.75, 3.05) is 19.8 Å². The molecule has 0 bridgehead atoms. The van der Waals surface area contributed by atoms with Crippen LogP contribution in [0.3, 0.4) is 0 Å². The van der Waals surface area contributed by atoms with Gasteiger partial charge in [0.2, 0.25) is 0 Å². The number of ether oxygens (including phenoxy) is 1. The number of nitrogens with zero attached hydrogens (tertiary/aromatic N) is 1. The summed E-state index contributed by atoms with van der Waals surface area (Å²) in [4.78, 5) is 13.8. The maximum atomic E-state index is 12.1. The Labute approximate surface area is 115 Å². The second kappa shape index (κ2) is 7.79. The highest BCUT2D eigenvalue weighted by molar-refractivity contribution is 5.78. The van der Waals surface area contributed by atoms with Gasteiger partial charge in [-0.1, -0.05) is 18.2 Å². The van der Waals surface area contributed by atoms with Crippen LogP contribution in [0.15, 0.2) is 24.3 Å². The highest BCUT2D eigenvalue weighted by Crippen LogP contribution is 2.16. The van der Waals surface area contributed by atoms with E-state index in [1.165, 1.54) is 0 Å². The van der Waals surface area contributed by atoms with E-state index in [9.17, 15) is 4.79 Å². The van der Waals surface area contributed by atoms with Gasteiger partial charge in [0.1, 0.15) is 5.75 Å². The van der Waals surface area contributed by atoms with Crippen molar-refractivity contribution >= 4 is 5.91 Å². The van der Waals surface area contributed by atoms with E-state index in [1.807, 2.05) is 45.0 Å². The average Bonchev–Trinajstić information content (AvgIpc) is 2.38. The van der Waals surface area contributed by atoms with Gasteiger partial charge in [-0.15, -0.1) is 0 Å². The fourth-order valence-corrected chi connectivity index (χ4v) is 1.85. The molecule has 0 saturated carbocycles. The van der Waals surface area contributed by atoms with Crippen LogP contribution in [0.4, 0.5) is 0 Å². The summed E-state index contributed by atoms with van der Waals surface area (Å²) in [7, 11) is 0. The molecule has 1 N–H and O–H groups in total. The third-order valence-electron chi connectivity index (χ3n) is 2.95. The van der Waals surface area contributed by atoms with Crippen LogP contribution in [0.5, 0.6) is 5.75 Å². The van der Waals surface area contributed by atoms with Crippen LogP contribution in [-0.4, -0.2) is 41.7 Å². The highest BCUT2D eigenvalue weighted by atomic mass is 16.5. The van der Waals surface area contributed by atoms with Crippen LogP contribution in [0, 0.1) is 6.92 Å². The van der Waals surface area contributed by atoms with Crippen LogP contribution in [0.2, 0.25) is 0 Å². The molecule has 0 aliphatic carbocycles. The van der Waals surface area contributed by atoms with Gasteiger partial charge in [-0.2, -0.15) is 0 Å². The Morgan fingerprint density at radius 2 is 2.05 bits per heavy atom. The quantitative estimate of drug-likeness (QED) is 0.820. The SMILES string of the molecule is Cc1ccccc1OCC(=O)N(CCCO)C(C)C. The summed E-state index contributed by atoms with van der Waals surface area (Å²) in [5.74, 6) is 0.688. The molecule has 0 fully saturated rings. The van der Waals surface area contributed by atoms with E-state index in [4.69, 9.17) is 9.84 Å². The number of aryl methyl sites for hydroxylation is 1. The lowest BCUT2D eigenvalue weighted by atomic mass is 10.2. The molecular formula is C15H23NO3. The minimum absolute atomic E-state index is 0.0362. The lowest BCUT2D eigenvalue weighted by Crippen LogP contribution is -2.40. The highest BCUT2D eigenvalue weighted by Gasteiger charge is 2.17. The molecule has 1 rings (SSSR count). The van der Waals surface area contributed by atoms with Gasteiger partial charge < -0.3 is 14.7 Å². The van der Waals surface area contributed by atoms with Gasteiger partial charge in [0.05, 0.1) is 0 Å². The van der Waals surface area contributed by atoms with Gasteiger partial charge in [-0.3, -0.25) is 4.79 Å². The number of para-hydroxylation sites is 1. The number of carbonyl (C=O) groups is 1. The molecule has 0 spiro atoms. The van der Waals surface area contributed by atoms with Gasteiger partial charge in [0.25, 0.3) is 5.91 Å². The van der Waals surface area contributed by atoms with Crippen molar-refractivity contribution < 1.29 is 14.6 Å². The molecule has 0 saturated heterocycles. The van der Waals surface area contributed by atoms with Crippen molar-refractivity contribution in [2.24, 2.45) is 0 Å². The molecule has 1 amide bonds. The monoisotopic (exact) mass is 265 g/mol. The zero-order valence-corrected chi connectivity index (χ0v) is 11.9. The first-order chi connectivity index (χ1) is 9.06. The van der Waals surface area contributed by atoms with E-state index in [0.29, 0.717) is 13.0 Å². The van der Waals surface area contributed by atoms with Gasteiger partial charge >= 0.3 is 0 Å². The smallest absolute Gasteiger partial charge is 0.260 e. The molecular weight excluding hydrogens is 242 g/mol. The first kappa shape index (κ1) is 15.5. The van der Waals surface area contributed by atoms with Crippen LogP contribution in [0.1, 0.15) is 25.8 Å². The summed E-state index contributed by atoms with van der Waals surface area (Å²) in [6, 6.07) is 7.74. The Hall–Kier alpha value is -1.55. The molecule has 1 aromatic carbocycles. The number of aliphatic hydroxyl groups excluding tert-OH is 1. The van der Waals surface area contributed by atoms with Gasteiger partial charge in [0.15, 0.2) is 6.61 Å². The first-order valence-corrected chi connectivity index (χ1v) is 6.65. The van der Waals surface area contributed by atoms with Crippen molar-refractivity contribution in [3.8, 4) is 5.75 Å². The van der Waals surface area contributed by atoms with Crippen molar-refractivity contribution in [2.45, 2.75) is 33.2 Å². The standard InChI is InChI=1S/C15H23NO3/c1-12(2)16(9-6-10-17)15(18)11-19-14-8-5-4-7-13(14)3/h4-5,7-8,12,17H,6,9-11H2,1-3H3. The van der Waals surface area contributed by atoms with Gasteiger partial charge in [-0.05, 0) is 38.8 Å². The number of rotatable bonds is 7. The summed E-state index contributed by atoms with van der Waals surface area (Å²) in [5, 5.41) is 8.85. The van der Waals surface area contributed by atoms with E-state index in [-0.39, 0.29) is 25.2 Å². The fraction of sp³-hybridized carbons (Fsp3) is 0.533. The lowest BCUT2D eigenvalue weighted by molar-refractivity contribution is -0.135. The Morgan fingerprint density at radius 3 is 2.63 bits per heavy atom. The molecule has 0 aliphatic rings. The molecule has 0 unspecified atom stereocenters. The minimum atomic E-state index is -0.0493. The van der Waals surface area contributed by atoms with Crippen LogP contribution in [0.25, 0.3) is 0 Å². The first-order valence-electron chi connectivity index (χ1n) is 6.65. The average molecular weight is 265 g/mol. The molecule has 0 atom stereocenters. The molecule has 19 heavy (non-hydrogen) atoms. The van der Waals surface area contributed by atoms with Crippen molar-refractivity contribution in [3.63, 3.8) is 0 Å².